The average Bonchev–Trinajstić information content (AvgIpc) is 2.83. The Morgan fingerprint density at radius 2 is 2.00 bits per heavy atom. The zero-order valence-corrected chi connectivity index (χ0v) is 11.3. The highest BCUT2D eigenvalue weighted by Gasteiger charge is 2.11. The van der Waals surface area contributed by atoms with E-state index in [9.17, 15) is 4.79 Å². The molecule has 19 heavy (non-hydrogen) atoms. The van der Waals surface area contributed by atoms with Crippen molar-refractivity contribution in [3.8, 4) is 11.5 Å². The molecule has 0 fully saturated rings. The zero-order chi connectivity index (χ0) is 13.8. The topological polar surface area (TPSA) is 56.2 Å². The Kier molecular flexibility index (Phi) is 3.94. The van der Waals surface area contributed by atoms with Crippen LogP contribution in [-0.2, 0) is 6.54 Å². The summed E-state index contributed by atoms with van der Waals surface area (Å²) >= 11 is 0. The van der Waals surface area contributed by atoms with Crippen molar-refractivity contribution in [3.63, 3.8) is 0 Å². The van der Waals surface area contributed by atoms with Gasteiger partial charge in [-0.1, -0.05) is 13.0 Å². The number of hydrogen-bond donors (Lipinski definition) is 1. The molecule has 0 saturated heterocycles. The van der Waals surface area contributed by atoms with Gasteiger partial charge < -0.3 is 14.5 Å². The Hall–Kier alpha value is -2.17. The normalized spacial score (nSPS) is 12.2. The molecule has 0 spiro atoms. The van der Waals surface area contributed by atoms with Crippen LogP contribution in [0.25, 0.3) is 0 Å². The van der Waals surface area contributed by atoms with E-state index in [0.29, 0.717) is 18.0 Å². The number of ether oxygens (including phenoxy) is 2. The molecular formula is C14H18N2O3. The van der Waals surface area contributed by atoms with Crippen molar-refractivity contribution in [1.82, 2.24) is 9.55 Å². The lowest BCUT2D eigenvalue weighted by molar-refractivity contribution is 0.354. The molecule has 2 rings (SSSR count). The molecule has 0 aliphatic rings. The predicted molar refractivity (Wildman–Crippen MR) is 73.0 cm³/mol. The van der Waals surface area contributed by atoms with Crippen molar-refractivity contribution < 1.29 is 9.47 Å². The summed E-state index contributed by atoms with van der Waals surface area (Å²) in [5.41, 5.74) is 1.01. The summed E-state index contributed by atoms with van der Waals surface area (Å²) in [5, 5.41) is 0. The molecule has 0 saturated carbocycles. The quantitative estimate of drug-likeness (QED) is 0.896. The predicted octanol–water partition coefficient (Wildman–Crippen LogP) is 2.00. The number of aromatic amines is 1. The van der Waals surface area contributed by atoms with Gasteiger partial charge >= 0.3 is 5.69 Å². The molecule has 1 heterocycles. The van der Waals surface area contributed by atoms with Gasteiger partial charge in [-0.2, -0.15) is 0 Å². The fraction of sp³-hybridized carbons (Fsp3) is 0.357. The van der Waals surface area contributed by atoms with Crippen molar-refractivity contribution in [3.05, 3.63) is 46.6 Å². The van der Waals surface area contributed by atoms with Gasteiger partial charge in [0.1, 0.15) is 0 Å². The molecule has 0 radical (unpaired) electrons. The maximum atomic E-state index is 11.5. The van der Waals surface area contributed by atoms with Crippen LogP contribution in [0.4, 0.5) is 0 Å². The van der Waals surface area contributed by atoms with Gasteiger partial charge in [0.05, 0.1) is 14.2 Å². The second-order valence-electron chi connectivity index (χ2n) is 4.43. The number of nitrogens with one attached hydrogen (secondary N) is 1. The molecule has 1 N–H and O–H groups in total. The Labute approximate surface area is 111 Å². The molecule has 102 valence electrons. The standard InChI is InChI=1S/C14H18N2O3/c1-10(9-16-7-6-15-14(16)17)11-4-5-12(18-2)13(8-11)19-3/h4-8,10H,9H2,1-3H3,(H,15,17). The van der Waals surface area contributed by atoms with E-state index in [1.807, 2.05) is 18.2 Å². The summed E-state index contributed by atoms with van der Waals surface area (Å²) in [7, 11) is 3.23. The third kappa shape index (κ3) is 2.81. The van der Waals surface area contributed by atoms with Crippen LogP contribution >= 0.6 is 0 Å². The van der Waals surface area contributed by atoms with Crippen LogP contribution in [0.2, 0.25) is 0 Å². The van der Waals surface area contributed by atoms with Gasteiger partial charge in [-0.15, -0.1) is 0 Å². The molecule has 1 aromatic carbocycles. The molecule has 5 heteroatoms. The Morgan fingerprint density at radius 3 is 2.58 bits per heavy atom. The minimum atomic E-state index is -0.0904. The average molecular weight is 262 g/mol. The van der Waals surface area contributed by atoms with Crippen LogP contribution in [0, 0.1) is 0 Å². The van der Waals surface area contributed by atoms with E-state index in [-0.39, 0.29) is 11.6 Å². The van der Waals surface area contributed by atoms with Gasteiger partial charge in [-0.05, 0) is 23.6 Å². The first-order valence-corrected chi connectivity index (χ1v) is 6.11. The fourth-order valence-corrected chi connectivity index (χ4v) is 2.05. The van der Waals surface area contributed by atoms with E-state index in [0.717, 1.165) is 5.56 Å². The van der Waals surface area contributed by atoms with Crippen LogP contribution in [0.15, 0.2) is 35.4 Å². The van der Waals surface area contributed by atoms with Crippen molar-refractivity contribution in [2.24, 2.45) is 0 Å². The number of benzene rings is 1. The minimum absolute atomic E-state index is 0.0904. The van der Waals surface area contributed by atoms with Crippen molar-refractivity contribution in [2.75, 3.05) is 14.2 Å². The lowest BCUT2D eigenvalue weighted by Gasteiger charge is -2.15. The van der Waals surface area contributed by atoms with Crippen LogP contribution in [-0.4, -0.2) is 23.8 Å². The second kappa shape index (κ2) is 5.65. The first-order chi connectivity index (χ1) is 9.15. The summed E-state index contributed by atoms with van der Waals surface area (Å²) < 4.78 is 12.2. The lowest BCUT2D eigenvalue weighted by Crippen LogP contribution is -2.19. The largest absolute Gasteiger partial charge is 0.493 e. The number of aromatic nitrogens is 2. The van der Waals surface area contributed by atoms with Gasteiger partial charge in [0, 0.05) is 18.9 Å². The smallest absolute Gasteiger partial charge is 0.325 e. The van der Waals surface area contributed by atoms with Crippen LogP contribution in [0.5, 0.6) is 11.5 Å². The summed E-state index contributed by atoms with van der Waals surface area (Å²) in [4.78, 5) is 14.1. The van der Waals surface area contributed by atoms with Gasteiger partial charge in [-0.25, -0.2) is 4.79 Å². The molecule has 0 aliphatic carbocycles. The van der Waals surface area contributed by atoms with Gasteiger partial charge in [0.25, 0.3) is 0 Å². The molecular weight excluding hydrogens is 244 g/mol. The fourth-order valence-electron chi connectivity index (χ4n) is 2.05. The second-order valence-corrected chi connectivity index (χ2v) is 4.43. The molecule has 1 atom stereocenters. The molecule has 0 amide bonds. The Bertz CT molecular complexity index is 601. The molecule has 1 aromatic heterocycles. The van der Waals surface area contributed by atoms with Crippen LogP contribution in [0.3, 0.4) is 0 Å². The number of hydrogen-bond acceptors (Lipinski definition) is 3. The first kappa shape index (κ1) is 13.3. The highest BCUT2D eigenvalue weighted by atomic mass is 16.5. The highest BCUT2D eigenvalue weighted by Crippen LogP contribution is 2.30. The SMILES string of the molecule is COc1ccc(C(C)Cn2cc[nH]c2=O)cc1OC. The summed E-state index contributed by atoms with van der Waals surface area (Å²) in [6, 6.07) is 5.81. The number of imidazole rings is 1. The van der Waals surface area contributed by atoms with E-state index in [1.54, 1.807) is 31.2 Å². The summed E-state index contributed by atoms with van der Waals surface area (Å²) in [6.07, 6.45) is 3.39. The maximum absolute atomic E-state index is 11.5. The van der Waals surface area contributed by atoms with E-state index in [4.69, 9.17) is 9.47 Å². The third-order valence-corrected chi connectivity index (χ3v) is 3.17. The summed E-state index contributed by atoms with van der Waals surface area (Å²) in [5.74, 6) is 1.61. The van der Waals surface area contributed by atoms with Gasteiger partial charge in [-0.3, -0.25) is 4.57 Å². The van der Waals surface area contributed by atoms with Crippen LogP contribution < -0.4 is 15.2 Å². The number of methoxy groups -OCH3 is 2. The van der Waals surface area contributed by atoms with Crippen molar-refractivity contribution in [1.29, 1.82) is 0 Å². The number of H-pyrrole nitrogens is 1. The molecule has 2 aromatic rings. The number of nitrogens with zero attached hydrogens (tertiary/aromatic N) is 1. The van der Waals surface area contributed by atoms with Crippen molar-refractivity contribution >= 4 is 0 Å². The molecule has 5 nitrogen and oxygen atoms in total. The Morgan fingerprint density at radius 1 is 1.26 bits per heavy atom. The molecule has 1 unspecified atom stereocenters. The van der Waals surface area contributed by atoms with E-state index in [2.05, 4.69) is 11.9 Å². The van der Waals surface area contributed by atoms with Gasteiger partial charge in [0.2, 0.25) is 0 Å². The molecule has 0 bridgehead atoms. The van der Waals surface area contributed by atoms with Gasteiger partial charge in [0.15, 0.2) is 11.5 Å². The van der Waals surface area contributed by atoms with E-state index in [1.165, 1.54) is 0 Å². The summed E-state index contributed by atoms with van der Waals surface area (Å²) in [6.45, 7) is 2.69. The third-order valence-electron chi connectivity index (χ3n) is 3.17. The first-order valence-electron chi connectivity index (χ1n) is 6.11. The van der Waals surface area contributed by atoms with Crippen molar-refractivity contribution in [2.45, 2.75) is 19.4 Å². The maximum Gasteiger partial charge on any atom is 0.325 e. The highest BCUT2D eigenvalue weighted by molar-refractivity contribution is 5.43. The number of rotatable bonds is 5. The van der Waals surface area contributed by atoms with E-state index < -0.39 is 0 Å². The Balaban J connectivity index is 2.22. The van der Waals surface area contributed by atoms with E-state index >= 15 is 0 Å². The zero-order valence-electron chi connectivity index (χ0n) is 11.3. The lowest BCUT2D eigenvalue weighted by atomic mass is 10.0. The van der Waals surface area contributed by atoms with Crippen LogP contribution in [0.1, 0.15) is 18.4 Å². The minimum Gasteiger partial charge on any atom is -0.493 e. The monoisotopic (exact) mass is 262 g/mol. The molecule has 0 aliphatic heterocycles.